The van der Waals surface area contributed by atoms with E-state index >= 15 is 0 Å². The average Bonchev–Trinajstić information content (AvgIpc) is 3.09. The van der Waals surface area contributed by atoms with Gasteiger partial charge in [-0.3, -0.25) is 4.79 Å². The van der Waals surface area contributed by atoms with Crippen LogP contribution in [0.4, 0.5) is 4.39 Å². The Hall–Kier alpha value is -1.42. The van der Waals surface area contributed by atoms with Crippen LogP contribution >= 0.6 is 0 Å². The number of carbonyl (C=O) groups is 1. The first-order chi connectivity index (χ1) is 7.72. The Balaban J connectivity index is 2.15. The van der Waals surface area contributed by atoms with Crippen molar-refractivity contribution in [2.45, 2.75) is 18.9 Å². The molecular weight excluding hydrogens is 209 g/mol. The fourth-order valence-electron chi connectivity index (χ4n) is 1.73. The molecule has 1 aromatic carbocycles. The highest BCUT2D eigenvalue weighted by Crippen LogP contribution is 2.27. The second-order valence-electron chi connectivity index (χ2n) is 3.96. The van der Waals surface area contributed by atoms with E-state index in [9.17, 15) is 9.18 Å². The normalized spacial score (nSPS) is 14.9. The number of carbonyl (C=O) groups excluding carboxylic acids is 1. The maximum atomic E-state index is 13.0. The maximum Gasteiger partial charge on any atom is 0.254 e. The van der Waals surface area contributed by atoms with Gasteiger partial charge in [-0.15, -0.1) is 0 Å². The van der Waals surface area contributed by atoms with Crippen LogP contribution in [0.15, 0.2) is 24.3 Å². The Kier molecular flexibility index (Phi) is 3.19. The van der Waals surface area contributed by atoms with E-state index in [1.54, 1.807) is 11.0 Å². The topological polar surface area (TPSA) is 40.5 Å². The molecule has 1 fully saturated rings. The van der Waals surface area contributed by atoms with Gasteiger partial charge in [0.2, 0.25) is 0 Å². The van der Waals surface area contributed by atoms with E-state index in [4.69, 9.17) is 5.11 Å². The van der Waals surface area contributed by atoms with E-state index in [0.29, 0.717) is 12.1 Å². The van der Waals surface area contributed by atoms with Gasteiger partial charge in [-0.25, -0.2) is 4.39 Å². The molecule has 86 valence electrons. The maximum absolute atomic E-state index is 13.0. The largest absolute Gasteiger partial charge is 0.395 e. The lowest BCUT2D eigenvalue weighted by molar-refractivity contribution is 0.0707. The van der Waals surface area contributed by atoms with E-state index in [0.717, 1.165) is 12.8 Å². The SMILES string of the molecule is O=C(c1cccc(F)c1)N(CCO)C1CC1. The quantitative estimate of drug-likeness (QED) is 0.838. The molecule has 1 N–H and O–H groups in total. The third kappa shape index (κ3) is 2.39. The number of hydrogen-bond donors (Lipinski definition) is 1. The van der Waals surface area contributed by atoms with Crippen molar-refractivity contribution in [1.29, 1.82) is 0 Å². The van der Waals surface area contributed by atoms with Crippen LogP contribution in [0, 0.1) is 5.82 Å². The minimum atomic E-state index is -0.411. The van der Waals surface area contributed by atoms with Crippen LogP contribution in [0.25, 0.3) is 0 Å². The zero-order chi connectivity index (χ0) is 11.5. The molecule has 0 bridgehead atoms. The lowest BCUT2D eigenvalue weighted by atomic mass is 10.2. The van der Waals surface area contributed by atoms with Crippen molar-refractivity contribution in [1.82, 2.24) is 4.90 Å². The number of benzene rings is 1. The second-order valence-corrected chi connectivity index (χ2v) is 3.96. The van der Waals surface area contributed by atoms with Crippen molar-refractivity contribution in [2.75, 3.05) is 13.2 Å². The smallest absolute Gasteiger partial charge is 0.254 e. The predicted molar refractivity (Wildman–Crippen MR) is 57.5 cm³/mol. The first-order valence-electron chi connectivity index (χ1n) is 5.40. The molecule has 0 atom stereocenters. The number of rotatable bonds is 4. The summed E-state index contributed by atoms with van der Waals surface area (Å²) < 4.78 is 13.0. The Morgan fingerprint density at radius 2 is 2.25 bits per heavy atom. The van der Waals surface area contributed by atoms with Gasteiger partial charge < -0.3 is 10.0 Å². The van der Waals surface area contributed by atoms with Gasteiger partial charge in [-0.1, -0.05) is 6.07 Å². The number of aliphatic hydroxyl groups excluding tert-OH is 1. The van der Waals surface area contributed by atoms with Crippen molar-refractivity contribution in [3.8, 4) is 0 Å². The third-order valence-corrected chi connectivity index (χ3v) is 2.66. The fourth-order valence-corrected chi connectivity index (χ4v) is 1.73. The molecule has 1 saturated carbocycles. The van der Waals surface area contributed by atoms with Gasteiger partial charge >= 0.3 is 0 Å². The number of halogens is 1. The highest BCUT2D eigenvalue weighted by Gasteiger charge is 2.32. The van der Waals surface area contributed by atoms with Gasteiger partial charge in [0.05, 0.1) is 6.61 Å². The number of hydrogen-bond acceptors (Lipinski definition) is 2. The Labute approximate surface area is 93.5 Å². The van der Waals surface area contributed by atoms with Gasteiger partial charge in [0.25, 0.3) is 5.91 Å². The summed E-state index contributed by atoms with van der Waals surface area (Å²) in [6.07, 6.45) is 1.95. The molecule has 4 heteroatoms. The van der Waals surface area contributed by atoms with Crippen molar-refractivity contribution in [3.05, 3.63) is 35.6 Å². The van der Waals surface area contributed by atoms with Gasteiger partial charge in [0, 0.05) is 18.2 Å². The summed E-state index contributed by atoms with van der Waals surface area (Å²) in [6.45, 7) is 0.261. The van der Waals surface area contributed by atoms with E-state index in [-0.39, 0.29) is 18.6 Å². The van der Waals surface area contributed by atoms with Gasteiger partial charge in [0.15, 0.2) is 0 Å². The number of amides is 1. The van der Waals surface area contributed by atoms with E-state index < -0.39 is 5.82 Å². The van der Waals surface area contributed by atoms with Crippen LogP contribution in [0.5, 0.6) is 0 Å². The number of aliphatic hydroxyl groups is 1. The predicted octanol–water partition coefficient (Wildman–Crippen LogP) is 1.42. The minimum Gasteiger partial charge on any atom is -0.395 e. The highest BCUT2D eigenvalue weighted by molar-refractivity contribution is 5.94. The second kappa shape index (κ2) is 4.61. The first-order valence-corrected chi connectivity index (χ1v) is 5.40. The van der Waals surface area contributed by atoms with E-state index in [2.05, 4.69) is 0 Å². The van der Waals surface area contributed by atoms with E-state index in [1.165, 1.54) is 18.2 Å². The van der Waals surface area contributed by atoms with E-state index in [1.807, 2.05) is 0 Å². The molecule has 16 heavy (non-hydrogen) atoms. The van der Waals surface area contributed by atoms with Crippen LogP contribution in [0.2, 0.25) is 0 Å². The van der Waals surface area contributed by atoms with Crippen molar-refractivity contribution in [3.63, 3.8) is 0 Å². The number of nitrogens with zero attached hydrogens (tertiary/aromatic N) is 1. The van der Waals surface area contributed by atoms with Crippen LogP contribution in [-0.2, 0) is 0 Å². The van der Waals surface area contributed by atoms with Gasteiger partial charge in [0.1, 0.15) is 5.82 Å². The summed E-state index contributed by atoms with van der Waals surface area (Å²) in [4.78, 5) is 13.6. The van der Waals surface area contributed by atoms with Crippen LogP contribution in [-0.4, -0.2) is 35.1 Å². The molecule has 0 heterocycles. The van der Waals surface area contributed by atoms with Crippen LogP contribution < -0.4 is 0 Å². The Bertz CT molecular complexity index is 390. The summed E-state index contributed by atoms with van der Waals surface area (Å²) in [5.41, 5.74) is 0.348. The molecule has 1 amide bonds. The minimum absolute atomic E-state index is 0.0580. The van der Waals surface area contributed by atoms with Gasteiger partial charge in [-0.05, 0) is 31.0 Å². The Morgan fingerprint density at radius 1 is 1.50 bits per heavy atom. The summed E-state index contributed by atoms with van der Waals surface area (Å²) in [5, 5.41) is 8.90. The Morgan fingerprint density at radius 3 is 2.81 bits per heavy atom. The molecule has 3 nitrogen and oxygen atoms in total. The average molecular weight is 223 g/mol. The molecule has 1 aliphatic carbocycles. The fraction of sp³-hybridized carbons (Fsp3) is 0.417. The highest BCUT2D eigenvalue weighted by atomic mass is 19.1. The van der Waals surface area contributed by atoms with Crippen molar-refractivity contribution < 1.29 is 14.3 Å². The lowest BCUT2D eigenvalue weighted by Gasteiger charge is -2.21. The molecule has 0 aliphatic heterocycles. The summed E-state index contributed by atoms with van der Waals surface area (Å²) >= 11 is 0. The third-order valence-electron chi connectivity index (χ3n) is 2.66. The van der Waals surface area contributed by atoms with Crippen molar-refractivity contribution >= 4 is 5.91 Å². The zero-order valence-corrected chi connectivity index (χ0v) is 8.90. The summed E-state index contributed by atoms with van der Waals surface area (Å²) in [6, 6.07) is 5.88. The molecule has 0 aromatic heterocycles. The summed E-state index contributed by atoms with van der Waals surface area (Å²) in [5.74, 6) is -0.610. The molecule has 1 aromatic rings. The van der Waals surface area contributed by atoms with Gasteiger partial charge in [-0.2, -0.15) is 0 Å². The van der Waals surface area contributed by atoms with Crippen molar-refractivity contribution in [2.24, 2.45) is 0 Å². The molecule has 1 aliphatic rings. The first kappa shape index (κ1) is 11.1. The standard InChI is InChI=1S/C12H14FNO2/c13-10-3-1-2-9(8-10)12(16)14(6-7-15)11-4-5-11/h1-3,8,11,15H,4-7H2. The molecule has 0 unspecified atom stereocenters. The molecule has 0 spiro atoms. The summed E-state index contributed by atoms with van der Waals surface area (Å²) in [7, 11) is 0. The molecule has 0 radical (unpaired) electrons. The molecule has 2 rings (SSSR count). The molecule has 0 saturated heterocycles. The van der Waals surface area contributed by atoms with Crippen LogP contribution in [0.1, 0.15) is 23.2 Å². The zero-order valence-electron chi connectivity index (χ0n) is 8.90. The lowest BCUT2D eigenvalue weighted by Crippen LogP contribution is -2.35. The monoisotopic (exact) mass is 223 g/mol. The van der Waals surface area contributed by atoms with Crippen LogP contribution in [0.3, 0.4) is 0 Å². The molecular formula is C12H14FNO2.